The van der Waals surface area contributed by atoms with E-state index in [1.165, 1.54) is 74.3 Å². The molecule has 0 spiro atoms. The van der Waals surface area contributed by atoms with Crippen molar-refractivity contribution in [3.05, 3.63) is 261 Å². The van der Waals surface area contributed by atoms with Crippen LogP contribution in [0.2, 0.25) is 0 Å². The van der Waals surface area contributed by atoms with E-state index in [9.17, 15) is 0 Å². The quantitative estimate of drug-likeness (QED) is 0.0980. The molecular weight excluding hydrogens is 795 g/mol. The molecule has 0 bridgehead atoms. The van der Waals surface area contributed by atoms with Gasteiger partial charge in [0.15, 0.2) is 8.07 Å². The molecule has 0 saturated heterocycles. The Kier molecular flexibility index (Phi) is 10.2. The van der Waals surface area contributed by atoms with E-state index in [4.69, 9.17) is 0 Å². The van der Waals surface area contributed by atoms with Crippen LogP contribution in [0.3, 0.4) is 0 Å². The maximum Gasteiger partial charge on any atom is 0.179 e. The Labute approximate surface area is 374 Å². The lowest BCUT2D eigenvalue weighted by molar-refractivity contribution is 1.30. The van der Waals surface area contributed by atoms with Crippen molar-refractivity contribution >= 4 is 77.4 Å². The van der Waals surface area contributed by atoms with Crippen LogP contribution < -0.4 is 25.6 Å². The summed E-state index contributed by atoms with van der Waals surface area (Å²) in [6, 6.07) is 95.9. The molecule has 298 valence electrons. The zero-order chi connectivity index (χ0) is 42.0. The molecule has 1 nitrogen and oxygen atoms in total. The first-order valence-corrected chi connectivity index (χ1v) is 24.4. The Morgan fingerprint density at radius 3 is 1.11 bits per heavy atom. The predicted molar refractivity (Wildman–Crippen MR) is 274 cm³/mol. The third kappa shape index (κ3) is 6.98. The average molecular weight is 838 g/mol. The van der Waals surface area contributed by atoms with E-state index >= 15 is 0 Å². The van der Waals surface area contributed by atoms with Gasteiger partial charge in [0.1, 0.15) is 0 Å². The van der Waals surface area contributed by atoms with Gasteiger partial charge in [-0.2, -0.15) is 0 Å². The number of fused-ring (bicyclic) bond motifs is 3. The summed E-state index contributed by atoms with van der Waals surface area (Å²) in [5.41, 5.74) is 10.6. The molecule has 1 heterocycles. The van der Waals surface area contributed by atoms with Crippen LogP contribution in [0.15, 0.2) is 261 Å². The van der Waals surface area contributed by atoms with Gasteiger partial charge in [0.2, 0.25) is 0 Å². The van der Waals surface area contributed by atoms with Crippen LogP contribution in [-0.4, -0.2) is 8.07 Å². The maximum absolute atomic E-state index is 2.62. The van der Waals surface area contributed by atoms with Crippen molar-refractivity contribution in [1.82, 2.24) is 0 Å². The summed E-state index contributed by atoms with van der Waals surface area (Å²) in [6.45, 7) is 0. The first kappa shape index (κ1) is 38.4. The van der Waals surface area contributed by atoms with E-state index in [0.717, 1.165) is 17.1 Å². The molecule has 0 N–H and O–H groups in total. The number of hydrogen-bond donors (Lipinski definition) is 0. The summed E-state index contributed by atoms with van der Waals surface area (Å²) < 4.78 is 2.56. The molecule has 0 aliphatic carbocycles. The minimum Gasteiger partial charge on any atom is -0.310 e. The second kappa shape index (κ2) is 16.7. The Morgan fingerprint density at radius 2 is 0.635 bits per heavy atom. The van der Waals surface area contributed by atoms with E-state index in [2.05, 4.69) is 266 Å². The number of nitrogens with zero attached hydrogens (tertiary/aromatic N) is 1. The highest BCUT2D eigenvalue weighted by molar-refractivity contribution is 7.26. The zero-order valence-corrected chi connectivity index (χ0v) is 36.5. The molecule has 0 aliphatic rings. The summed E-state index contributed by atoms with van der Waals surface area (Å²) >= 11 is 1.87. The van der Waals surface area contributed by atoms with Crippen molar-refractivity contribution in [3.63, 3.8) is 0 Å². The van der Waals surface area contributed by atoms with E-state index in [0.29, 0.717) is 0 Å². The van der Waals surface area contributed by atoms with Crippen molar-refractivity contribution in [2.75, 3.05) is 4.90 Å². The van der Waals surface area contributed by atoms with Crippen molar-refractivity contribution in [2.24, 2.45) is 0 Å². The smallest absolute Gasteiger partial charge is 0.179 e. The molecular formula is C60H43NSSi. The fraction of sp³-hybridized carbons (Fsp3) is 0. The molecule has 1 aromatic heterocycles. The monoisotopic (exact) mass is 837 g/mol. The van der Waals surface area contributed by atoms with Gasteiger partial charge in [-0.05, 0) is 96.6 Å². The van der Waals surface area contributed by atoms with E-state index in [-0.39, 0.29) is 0 Å². The molecule has 0 aliphatic heterocycles. The molecule has 0 radical (unpaired) electrons. The Hall–Kier alpha value is -7.56. The fourth-order valence-corrected chi connectivity index (χ4v) is 15.4. The molecule has 11 rings (SSSR count). The van der Waals surface area contributed by atoms with Gasteiger partial charge in [0.25, 0.3) is 0 Å². The summed E-state index contributed by atoms with van der Waals surface area (Å²) in [5.74, 6) is 0. The summed E-state index contributed by atoms with van der Waals surface area (Å²) in [6.07, 6.45) is 0. The van der Waals surface area contributed by atoms with Crippen LogP contribution in [0, 0.1) is 0 Å². The van der Waals surface area contributed by atoms with Crippen LogP contribution in [0.5, 0.6) is 0 Å². The summed E-state index contributed by atoms with van der Waals surface area (Å²) in [7, 11) is -2.62. The lowest BCUT2D eigenvalue weighted by Crippen LogP contribution is -2.74. The number of hydrogen-bond acceptors (Lipinski definition) is 2. The van der Waals surface area contributed by atoms with Crippen LogP contribution in [0.1, 0.15) is 0 Å². The van der Waals surface area contributed by atoms with Gasteiger partial charge >= 0.3 is 0 Å². The fourth-order valence-electron chi connectivity index (χ4n) is 9.53. The Bertz CT molecular complexity index is 3180. The van der Waals surface area contributed by atoms with E-state index in [1.807, 2.05) is 11.3 Å². The van der Waals surface area contributed by atoms with Gasteiger partial charge in [-0.15, -0.1) is 11.3 Å². The number of benzene rings is 10. The molecule has 63 heavy (non-hydrogen) atoms. The van der Waals surface area contributed by atoms with Gasteiger partial charge in [0, 0.05) is 31.5 Å². The topological polar surface area (TPSA) is 3.24 Å². The highest BCUT2D eigenvalue weighted by Crippen LogP contribution is 2.48. The second-order valence-corrected chi connectivity index (χ2v) is 20.9. The van der Waals surface area contributed by atoms with E-state index < -0.39 is 8.07 Å². The van der Waals surface area contributed by atoms with Crippen LogP contribution in [0.25, 0.3) is 53.6 Å². The van der Waals surface area contributed by atoms with E-state index in [1.54, 1.807) is 0 Å². The minimum atomic E-state index is -2.62. The first-order chi connectivity index (χ1) is 31.3. The average Bonchev–Trinajstić information content (AvgIpc) is 3.77. The largest absolute Gasteiger partial charge is 0.310 e. The summed E-state index contributed by atoms with van der Waals surface area (Å²) in [4.78, 5) is 2.44. The lowest BCUT2D eigenvalue weighted by atomic mass is 9.98. The second-order valence-electron chi connectivity index (χ2n) is 16.0. The standard InChI is InChI=1S/C60H43NSSi/c1-6-18-44(19-7-1)45-32-38-49(39-33-45)61(56-29-17-31-58-60(56)59-55(28-16-30-57(59)62-58)48-20-8-2-9-21-48)50-40-34-46(35-41-50)47-36-42-54(43-37-47)63(51-22-10-3-11-23-51,52-24-12-4-13-25-52)53-26-14-5-15-27-53/h1-43H. The SMILES string of the molecule is c1ccc(-c2ccc(N(c3ccc(-c4ccc([Si](c5ccccc5)(c5ccccc5)c5ccccc5)cc4)cc3)c3cccc4sc5cccc(-c6ccccc6)c5c34)cc2)cc1. The number of thiophene rings is 1. The molecule has 0 fully saturated rings. The summed E-state index contributed by atoms with van der Waals surface area (Å²) in [5, 5.41) is 8.05. The Morgan fingerprint density at radius 1 is 0.270 bits per heavy atom. The maximum atomic E-state index is 2.44. The molecule has 3 heteroatoms. The number of rotatable bonds is 10. The van der Waals surface area contributed by atoms with Gasteiger partial charge < -0.3 is 4.90 Å². The Balaban J connectivity index is 1.03. The molecule has 10 aromatic carbocycles. The minimum absolute atomic E-state index is 1.11. The normalized spacial score (nSPS) is 11.5. The van der Waals surface area contributed by atoms with Gasteiger partial charge in [-0.1, -0.05) is 218 Å². The van der Waals surface area contributed by atoms with Gasteiger partial charge in [0.05, 0.1) is 5.69 Å². The van der Waals surface area contributed by atoms with Crippen molar-refractivity contribution in [2.45, 2.75) is 0 Å². The molecule has 0 saturated carbocycles. The van der Waals surface area contributed by atoms with Crippen LogP contribution in [-0.2, 0) is 0 Å². The van der Waals surface area contributed by atoms with Gasteiger partial charge in [-0.25, -0.2) is 0 Å². The van der Waals surface area contributed by atoms with Crippen LogP contribution >= 0.6 is 11.3 Å². The lowest BCUT2D eigenvalue weighted by Gasteiger charge is -2.34. The van der Waals surface area contributed by atoms with Crippen molar-refractivity contribution in [3.8, 4) is 33.4 Å². The third-order valence-corrected chi connectivity index (χ3v) is 18.4. The molecule has 0 unspecified atom stereocenters. The molecule has 0 atom stereocenters. The first-order valence-electron chi connectivity index (χ1n) is 21.6. The highest BCUT2D eigenvalue weighted by Gasteiger charge is 2.41. The van der Waals surface area contributed by atoms with Crippen molar-refractivity contribution < 1.29 is 0 Å². The molecule has 0 amide bonds. The predicted octanol–water partition coefficient (Wildman–Crippen LogP) is 13.9. The highest BCUT2D eigenvalue weighted by atomic mass is 32.1. The number of anilines is 3. The third-order valence-electron chi connectivity index (χ3n) is 12.5. The van der Waals surface area contributed by atoms with Crippen molar-refractivity contribution in [1.29, 1.82) is 0 Å². The molecule has 11 aromatic rings. The van der Waals surface area contributed by atoms with Crippen LogP contribution in [0.4, 0.5) is 17.1 Å². The zero-order valence-electron chi connectivity index (χ0n) is 34.7. The van der Waals surface area contributed by atoms with Gasteiger partial charge in [-0.3, -0.25) is 0 Å².